The summed E-state index contributed by atoms with van der Waals surface area (Å²) in [6, 6.07) is 14.5. The monoisotopic (exact) mass is 396 g/mol. The van der Waals surface area contributed by atoms with Crippen LogP contribution in [0.2, 0.25) is 0 Å². The summed E-state index contributed by atoms with van der Waals surface area (Å²) >= 11 is 1.35. The smallest absolute Gasteiger partial charge is 0.237 e. The highest BCUT2D eigenvalue weighted by Crippen LogP contribution is 2.42. The second kappa shape index (κ2) is 7.75. The van der Waals surface area contributed by atoms with Gasteiger partial charge in [-0.15, -0.1) is 10.2 Å². The summed E-state index contributed by atoms with van der Waals surface area (Å²) in [6.45, 7) is 3.84. The van der Waals surface area contributed by atoms with E-state index in [2.05, 4.69) is 15.5 Å². The van der Waals surface area contributed by atoms with Gasteiger partial charge in [0, 0.05) is 11.7 Å². The highest BCUT2D eigenvalue weighted by Gasteiger charge is 2.32. The Morgan fingerprint density at radius 1 is 1.18 bits per heavy atom. The van der Waals surface area contributed by atoms with Gasteiger partial charge in [0.15, 0.2) is 11.0 Å². The van der Waals surface area contributed by atoms with Crippen LogP contribution in [0, 0.1) is 12.7 Å². The van der Waals surface area contributed by atoms with Crippen molar-refractivity contribution in [2.24, 2.45) is 0 Å². The molecule has 0 bridgehead atoms. The van der Waals surface area contributed by atoms with Crippen molar-refractivity contribution < 1.29 is 9.18 Å². The summed E-state index contributed by atoms with van der Waals surface area (Å²) in [5, 5.41) is 11.7. The molecule has 4 rings (SSSR count). The molecule has 28 heavy (non-hydrogen) atoms. The first-order valence-electron chi connectivity index (χ1n) is 9.27. The first-order chi connectivity index (χ1) is 13.5. The number of rotatable bonds is 6. The minimum absolute atomic E-state index is 0.105. The Kier molecular flexibility index (Phi) is 5.17. The normalized spacial score (nSPS) is 14.7. The number of nitrogens with one attached hydrogen (secondary N) is 1. The van der Waals surface area contributed by atoms with Crippen LogP contribution in [0.5, 0.6) is 0 Å². The Morgan fingerprint density at radius 3 is 2.57 bits per heavy atom. The van der Waals surface area contributed by atoms with Crippen molar-refractivity contribution in [1.82, 2.24) is 14.8 Å². The second-order valence-electron chi connectivity index (χ2n) is 7.00. The average Bonchev–Trinajstić information content (AvgIpc) is 3.44. The van der Waals surface area contributed by atoms with Crippen molar-refractivity contribution in [3.05, 3.63) is 59.9 Å². The van der Waals surface area contributed by atoms with Crippen LogP contribution >= 0.6 is 11.8 Å². The number of nitrogens with zero attached hydrogens (tertiary/aromatic N) is 3. The Bertz CT molecular complexity index is 998. The van der Waals surface area contributed by atoms with E-state index < -0.39 is 0 Å². The predicted molar refractivity (Wildman–Crippen MR) is 109 cm³/mol. The van der Waals surface area contributed by atoms with Gasteiger partial charge in [-0.1, -0.05) is 41.6 Å². The van der Waals surface area contributed by atoms with Crippen LogP contribution in [-0.4, -0.2) is 25.9 Å². The van der Waals surface area contributed by atoms with E-state index in [1.54, 1.807) is 18.2 Å². The summed E-state index contributed by atoms with van der Waals surface area (Å²) in [7, 11) is 0. The van der Waals surface area contributed by atoms with Gasteiger partial charge in [0.1, 0.15) is 5.82 Å². The Hall–Kier alpha value is -2.67. The summed E-state index contributed by atoms with van der Waals surface area (Å²) in [5.74, 6) is 0.0967. The van der Waals surface area contributed by atoms with Crippen molar-refractivity contribution in [1.29, 1.82) is 0 Å². The maximum Gasteiger partial charge on any atom is 0.237 e. The lowest BCUT2D eigenvalue weighted by atomic mass is 10.2. The van der Waals surface area contributed by atoms with Gasteiger partial charge in [0.2, 0.25) is 5.91 Å². The van der Waals surface area contributed by atoms with Crippen molar-refractivity contribution in [2.45, 2.75) is 43.1 Å². The van der Waals surface area contributed by atoms with Crippen LogP contribution in [0.15, 0.2) is 53.7 Å². The summed E-state index contributed by atoms with van der Waals surface area (Å²) in [4.78, 5) is 12.6. The fraction of sp³-hybridized carbons (Fsp3) is 0.286. The molecule has 1 N–H and O–H groups in total. The number of aromatic nitrogens is 3. The molecule has 1 amide bonds. The topological polar surface area (TPSA) is 59.8 Å². The van der Waals surface area contributed by atoms with E-state index in [-0.39, 0.29) is 23.0 Å². The molecular formula is C21H21FN4OS. The van der Waals surface area contributed by atoms with Gasteiger partial charge in [-0.2, -0.15) is 0 Å². The highest BCUT2D eigenvalue weighted by molar-refractivity contribution is 8.00. The number of aryl methyl sites for hydroxylation is 1. The maximum absolute atomic E-state index is 14.3. The Labute approximate surface area is 167 Å². The Morgan fingerprint density at radius 2 is 1.89 bits per heavy atom. The molecule has 1 heterocycles. The number of amides is 1. The molecule has 5 nitrogen and oxygen atoms in total. The van der Waals surface area contributed by atoms with Crippen LogP contribution < -0.4 is 5.32 Å². The van der Waals surface area contributed by atoms with Crippen molar-refractivity contribution in [3.63, 3.8) is 0 Å². The van der Waals surface area contributed by atoms with E-state index in [9.17, 15) is 9.18 Å². The predicted octanol–water partition coefficient (Wildman–Crippen LogP) is 4.85. The van der Waals surface area contributed by atoms with Crippen LogP contribution in [0.3, 0.4) is 0 Å². The number of benzene rings is 2. The van der Waals surface area contributed by atoms with E-state index in [4.69, 9.17) is 0 Å². The third kappa shape index (κ3) is 3.94. The molecule has 1 fully saturated rings. The van der Waals surface area contributed by atoms with E-state index in [0.29, 0.717) is 16.5 Å². The molecular weight excluding hydrogens is 375 g/mol. The lowest BCUT2D eigenvalue weighted by Crippen LogP contribution is -2.23. The molecule has 0 saturated heterocycles. The number of carbonyl (C=O) groups excluding carboxylic acids is 1. The van der Waals surface area contributed by atoms with E-state index >= 15 is 0 Å². The number of carbonyl (C=O) groups is 1. The van der Waals surface area contributed by atoms with Crippen LogP contribution in [-0.2, 0) is 4.79 Å². The molecule has 0 spiro atoms. The average molecular weight is 396 g/mol. The summed E-state index contributed by atoms with van der Waals surface area (Å²) in [5.41, 5.74) is 2.34. The maximum atomic E-state index is 14.3. The van der Waals surface area contributed by atoms with Gasteiger partial charge in [0.25, 0.3) is 0 Å². The van der Waals surface area contributed by atoms with Crippen molar-refractivity contribution >= 4 is 23.4 Å². The van der Waals surface area contributed by atoms with Crippen LogP contribution in [0.25, 0.3) is 11.4 Å². The fourth-order valence-electron chi connectivity index (χ4n) is 2.94. The van der Waals surface area contributed by atoms with E-state index in [1.165, 1.54) is 17.8 Å². The summed E-state index contributed by atoms with van der Waals surface area (Å²) in [6.07, 6.45) is 2.02. The van der Waals surface area contributed by atoms with Gasteiger partial charge in [0.05, 0.1) is 10.8 Å². The van der Waals surface area contributed by atoms with E-state index in [0.717, 1.165) is 24.1 Å². The third-order valence-corrected chi connectivity index (χ3v) is 5.72. The first-order valence-corrected chi connectivity index (χ1v) is 10.1. The molecule has 0 aliphatic heterocycles. The fourth-order valence-corrected chi connectivity index (χ4v) is 3.86. The van der Waals surface area contributed by atoms with Gasteiger partial charge in [-0.05, 0) is 51.0 Å². The first kappa shape index (κ1) is 18.7. The zero-order chi connectivity index (χ0) is 19.7. The SMILES string of the molecule is Cc1ccc(NC(=O)[C@@H](C)Sc2nnc(-c3ccccc3F)n2C2CC2)cc1. The third-order valence-electron chi connectivity index (χ3n) is 4.66. The number of halogens is 1. The second-order valence-corrected chi connectivity index (χ2v) is 8.31. The largest absolute Gasteiger partial charge is 0.325 e. The molecule has 7 heteroatoms. The van der Waals surface area contributed by atoms with Gasteiger partial charge in [-0.3, -0.25) is 9.36 Å². The zero-order valence-corrected chi connectivity index (χ0v) is 16.5. The molecule has 1 atom stereocenters. The van der Waals surface area contributed by atoms with Gasteiger partial charge in [-0.25, -0.2) is 4.39 Å². The Balaban J connectivity index is 1.54. The minimum atomic E-state index is -0.364. The van der Waals surface area contributed by atoms with Crippen LogP contribution in [0.1, 0.15) is 31.4 Å². The number of hydrogen-bond donors (Lipinski definition) is 1. The van der Waals surface area contributed by atoms with E-state index in [1.807, 2.05) is 42.7 Å². The highest BCUT2D eigenvalue weighted by atomic mass is 32.2. The van der Waals surface area contributed by atoms with Crippen LogP contribution in [0.4, 0.5) is 10.1 Å². The zero-order valence-electron chi connectivity index (χ0n) is 15.7. The molecule has 1 aromatic heterocycles. The summed E-state index contributed by atoms with van der Waals surface area (Å²) < 4.78 is 16.2. The molecule has 0 radical (unpaired) electrons. The molecule has 2 aromatic carbocycles. The number of anilines is 1. The van der Waals surface area contributed by atoms with Gasteiger partial charge < -0.3 is 5.32 Å². The standard InChI is InChI=1S/C21H21FN4OS/c1-13-7-9-15(10-8-13)23-20(27)14(2)28-21-25-24-19(26(21)16-11-12-16)17-5-3-4-6-18(17)22/h3-10,14,16H,11-12H2,1-2H3,(H,23,27)/t14-/m1/s1. The number of thioether (sulfide) groups is 1. The molecule has 0 unspecified atom stereocenters. The number of hydrogen-bond acceptors (Lipinski definition) is 4. The van der Waals surface area contributed by atoms with Crippen molar-refractivity contribution in [2.75, 3.05) is 5.32 Å². The molecule has 144 valence electrons. The molecule has 1 saturated carbocycles. The molecule has 3 aromatic rings. The lowest BCUT2D eigenvalue weighted by Gasteiger charge is -2.13. The quantitative estimate of drug-likeness (QED) is 0.605. The van der Waals surface area contributed by atoms with Crippen molar-refractivity contribution in [3.8, 4) is 11.4 Å². The minimum Gasteiger partial charge on any atom is -0.325 e. The molecule has 1 aliphatic rings. The van der Waals surface area contributed by atoms with Gasteiger partial charge >= 0.3 is 0 Å². The molecule has 1 aliphatic carbocycles. The lowest BCUT2D eigenvalue weighted by molar-refractivity contribution is -0.115.